The molecule has 2 saturated heterocycles. The van der Waals surface area contributed by atoms with Crippen LogP contribution < -0.4 is 0 Å². The molecule has 3 heterocycles. The predicted molar refractivity (Wildman–Crippen MR) is 160 cm³/mol. The molecule has 198 valence electrons. The normalized spacial score (nSPS) is 26.4. The summed E-state index contributed by atoms with van der Waals surface area (Å²) in [6, 6.07) is 9.82. The second-order valence-corrected chi connectivity index (χ2v) is 13.1. The first-order valence-corrected chi connectivity index (χ1v) is 15.5. The van der Waals surface area contributed by atoms with Crippen molar-refractivity contribution in [3.05, 3.63) is 51.6 Å². The lowest BCUT2D eigenvalue weighted by molar-refractivity contribution is -0.124. The molecule has 2 aromatic rings. The largest absolute Gasteiger partial charge is 0.455 e. The summed E-state index contributed by atoms with van der Waals surface area (Å²) in [4.78, 5) is 18.6. The molecule has 4 fully saturated rings. The van der Waals surface area contributed by atoms with E-state index in [0.29, 0.717) is 31.7 Å². The Bertz CT molecular complexity index is 1300. The third-order valence-electron chi connectivity index (χ3n) is 8.46. The summed E-state index contributed by atoms with van der Waals surface area (Å²) >= 11 is 13.2. The fraction of sp³-hybridized carbons (Fsp3) is 0.484. The average Bonchev–Trinajstić information content (AvgIpc) is 3.70. The number of hydrogen-bond donors (Lipinski definition) is 0. The number of hydrogen-bond acceptors (Lipinski definition) is 5. The van der Waals surface area contributed by atoms with E-state index in [4.69, 9.17) is 28.2 Å². The fourth-order valence-corrected chi connectivity index (χ4v) is 7.98. The van der Waals surface area contributed by atoms with Gasteiger partial charge in [0.15, 0.2) is 0 Å². The van der Waals surface area contributed by atoms with Crippen molar-refractivity contribution in [1.82, 2.24) is 9.80 Å². The SMILES string of the molecule is O=C1/C(=C/c2oc(-c3ccc(Cl)cc3)cc2C#CCCCN2CCCCC2)SC(=S)N1C1CC2CCC1C2. The van der Waals surface area contributed by atoms with E-state index in [1.54, 1.807) is 0 Å². The van der Waals surface area contributed by atoms with E-state index in [9.17, 15) is 4.79 Å². The lowest BCUT2D eigenvalue weighted by Crippen LogP contribution is -2.41. The van der Waals surface area contributed by atoms with Gasteiger partial charge in [0.05, 0.1) is 10.5 Å². The molecular formula is C31H33ClN2O2S2. The second kappa shape index (κ2) is 11.6. The zero-order valence-electron chi connectivity index (χ0n) is 21.6. The number of piperidine rings is 1. The summed E-state index contributed by atoms with van der Waals surface area (Å²) in [6.45, 7) is 3.53. The number of thioether (sulfide) groups is 1. The van der Waals surface area contributed by atoms with E-state index in [2.05, 4.69) is 16.7 Å². The Morgan fingerprint density at radius 3 is 2.68 bits per heavy atom. The first kappa shape index (κ1) is 26.2. The maximum absolute atomic E-state index is 13.5. The molecule has 1 amide bonds. The molecule has 0 spiro atoms. The van der Waals surface area contributed by atoms with Crippen LogP contribution in [0.3, 0.4) is 0 Å². The number of nitrogens with zero attached hydrogens (tertiary/aromatic N) is 2. The van der Waals surface area contributed by atoms with Crippen molar-refractivity contribution in [1.29, 1.82) is 0 Å². The zero-order chi connectivity index (χ0) is 26.1. The quantitative estimate of drug-likeness (QED) is 0.156. The number of halogens is 1. The third kappa shape index (κ3) is 5.63. The molecular weight excluding hydrogens is 532 g/mol. The summed E-state index contributed by atoms with van der Waals surface area (Å²) < 4.78 is 6.97. The summed E-state index contributed by atoms with van der Waals surface area (Å²) in [5.74, 6) is 9.39. The van der Waals surface area contributed by atoms with Crippen molar-refractivity contribution in [3.63, 3.8) is 0 Å². The highest BCUT2D eigenvalue weighted by atomic mass is 35.5. The lowest BCUT2D eigenvalue weighted by Gasteiger charge is -2.30. The highest BCUT2D eigenvalue weighted by Gasteiger charge is 2.48. The minimum absolute atomic E-state index is 0.0161. The van der Waals surface area contributed by atoms with Crippen molar-refractivity contribution in [2.24, 2.45) is 11.8 Å². The van der Waals surface area contributed by atoms with Gasteiger partial charge in [-0.1, -0.05) is 60.3 Å². The molecule has 4 aliphatic rings. The molecule has 2 saturated carbocycles. The molecule has 6 rings (SSSR count). The Morgan fingerprint density at radius 2 is 1.95 bits per heavy atom. The van der Waals surface area contributed by atoms with Gasteiger partial charge in [-0.2, -0.15) is 0 Å². The maximum atomic E-state index is 13.5. The van der Waals surface area contributed by atoms with Gasteiger partial charge in [-0.25, -0.2) is 0 Å². The van der Waals surface area contributed by atoms with E-state index >= 15 is 0 Å². The number of benzene rings is 1. The summed E-state index contributed by atoms with van der Waals surface area (Å²) in [7, 11) is 0. The van der Waals surface area contributed by atoms with Gasteiger partial charge in [0.1, 0.15) is 15.8 Å². The Kier molecular flexibility index (Phi) is 8.00. The van der Waals surface area contributed by atoms with E-state index in [0.717, 1.165) is 42.9 Å². The smallest absolute Gasteiger partial charge is 0.266 e. The number of carbonyl (C=O) groups excluding carboxylic acids is 1. The third-order valence-corrected chi connectivity index (χ3v) is 10.0. The summed E-state index contributed by atoms with van der Waals surface area (Å²) in [6.07, 6.45) is 12.6. The van der Waals surface area contributed by atoms with Crippen molar-refractivity contribution < 1.29 is 9.21 Å². The zero-order valence-corrected chi connectivity index (χ0v) is 24.0. The van der Waals surface area contributed by atoms with E-state index in [1.165, 1.54) is 63.4 Å². The molecule has 0 radical (unpaired) electrons. The molecule has 2 bridgehead atoms. The van der Waals surface area contributed by atoms with Crippen LogP contribution in [0.2, 0.25) is 5.02 Å². The molecule has 1 aromatic carbocycles. The monoisotopic (exact) mass is 564 g/mol. The molecule has 38 heavy (non-hydrogen) atoms. The van der Waals surface area contributed by atoms with Gasteiger partial charge in [-0.15, -0.1) is 0 Å². The topological polar surface area (TPSA) is 36.7 Å². The molecule has 1 aromatic heterocycles. The highest BCUT2D eigenvalue weighted by molar-refractivity contribution is 8.26. The number of furan rings is 1. The number of carbonyl (C=O) groups is 1. The van der Waals surface area contributed by atoms with E-state index in [-0.39, 0.29) is 11.9 Å². The Labute approximate surface area is 240 Å². The van der Waals surface area contributed by atoms with Crippen molar-refractivity contribution in [3.8, 4) is 23.2 Å². The number of amides is 1. The van der Waals surface area contributed by atoms with Gasteiger partial charge in [0.25, 0.3) is 5.91 Å². The highest BCUT2D eigenvalue weighted by Crippen LogP contribution is 2.49. The molecule has 3 atom stereocenters. The predicted octanol–water partition coefficient (Wildman–Crippen LogP) is 7.61. The molecule has 2 aliphatic carbocycles. The van der Waals surface area contributed by atoms with Crippen LogP contribution in [0.25, 0.3) is 17.4 Å². The minimum Gasteiger partial charge on any atom is -0.455 e. The van der Waals surface area contributed by atoms with Gasteiger partial charge in [0, 0.05) is 35.2 Å². The first-order valence-electron chi connectivity index (χ1n) is 13.9. The number of unbranched alkanes of at least 4 members (excludes halogenated alkanes) is 1. The fourth-order valence-electron chi connectivity index (χ4n) is 6.51. The van der Waals surface area contributed by atoms with E-state index < -0.39 is 0 Å². The van der Waals surface area contributed by atoms with Crippen LogP contribution >= 0.6 is 35.6 Å². The first-order chi connectivity index (χ1) is 18.5. The van der Waals surface area contributed by atoms with Crippen LogP contribution in [0.15, 0.2) is 39.7 Å². The lowest BCUT2D eigenvalue weighted by atomic mass is 9.94. The number of rotatable bonds is 6. The Morgan fingerprint density at radius 1 is 1.13 bits per heavy atom. The van der Waals surface area contributed by atoms with Crippen LogP contribution in [0.1, 0.15) is 69.1 Å². The molecule has 7 heteroatoms. The van der Waals surface area contributed by atoms with Crippen LogP contribution in [-0.2, 0) is 4.79 Å². The van der Waals surface area contributed by atoms with Crippen molar-refractivity contribution in [2.75, 3.05) is 19.6 Å². The minimum atomic E-state index is 0.0161. The maximum Gasteiger partial charge on any atom is 0.266 e. The standard InChI is InChI=1S/C31H33ClN2O2S2/c32-25-12-10-22(11-13-25)27-19-24(7-3-1-4-14-33-15-5-2-6-16-33)28(36-27)20-29-30(35)34(31(37)38-29)26-18-21-8-9-23(26)17-21/h10-13,19-21,23,26H,1-2,4-6,8-9,14-18H2/b29-20-. The van der Waals surface area contributed by atoms with Crippen LogP contribution in [0, 0.1) is 23.7 Å². The van der Waals surface area contributed by atoms with Crippen molar-refractivity contribution >= 4 is 51.9 Å². The van der Waals surface area contributed by atoms with Gasteiger partial charge < -0.3 is 9.32 Å². The molecule has 4 nitrogen and oxygen atoms in total. The van der Waals surface area contributed by atoms with E-state index in [1.807, 2.05) is 41.3 Å². The van der Waals surface area contributed by atoms with Gasteiger partial charge in [0.2, 0.25) is 0 Å². The number of fused-ring (bicyclic) bond motifs is 2. The number of likely N-dealkylation sites (tertiary alicyclic amines) is 1. The molecule has 2 aliphatic heterocycles. The molecule has 3 unspecified atom stereocenters. The van der Waals surface area contributed by atoms with Crippen LogP contribution in [-0.4, -0.2) is 45.7 Å². The number of thiocarbonyl (C=S) groups is 1. The molecule has 0 N–H and O–H groups in total. The Balaban J connectivity index is 1.22. The van der Waals surface area contributed by atoms with Crippen LogP contribution in [0.5, 0.6) is 0 Å². The van der Waals surface area contributed by atoms with Gasteiger partial charge in [-0.3, -0.25) is 9.69 Å². The Hall–Kier alpha value is -2.04. The average molecular weight is 565 g/mol. The summed E-state index contributed by atoms with van der Waals surface area (Å²) in [5.41, 5.74) is 1.73. The van der Waals surface area contributed by atoms with Gasteiger partial charge in [-0.05, 0) is 94.3 Å². The summed E-state index contributed by atoms with van der Waals surface area (Å²) in [5, 5.41) is 0.679. The van der Waals surface area contributed by atoms with Crippen molar-refractivity contribution in [2.45, 2.75) is 63.8 Å². The van der Waals surface area contributed by atoms with Gasteiger partial charge >= 0.3 is 0 Å². The second-order valence-electron chi connectivity index (χ2n) is 11.0. The van der Waals surface area contributed by atoms with Crippen LogP contribution in [0.4, 0.5) is 0 Å².